The Morgan fingerprint density at radius 1 is 1.23 bits per heavy atom. The van der Waals surface area contributed by atoms with Gasteiger partial charge in [0.2, 0.25) is 5.91 Å². The smallest absolute Gasteiger partial charge is 0.220 e. The molecular weight excluding hydrogens is 276 g/mol. The Morgan fingerprint density at radius 3 is 2.77 bits per heavy atom. The first-order valence-electron chi connectivity index (χ1n) is 8.65. The van der Waals surface area contributed by atoms with Gasteiger partial charge in [-0.1, -0.05) is 25.7 Å². The van der Waals surface area contributed by atoms with E-state index < -0.39 is 0 Å². The van der Waals surface area contributed by atoms with Crippen molar-refractivity contribution in [3.63, 3.8) is 0 Å². The van der Waals surface area contributed by atoms with Crippen molar-refractivity contribution >= 4 is 11.7 Å². The lowest BCUT2D eigenvalue weighted by atomic mass is 10.0. The number of amides is 1. The summed E-state index contributed by atoms with van der Waals surface area (Å²) < 4.78 is 0. The van der Waals surface area contributed by atoms with Crippen LogP contribution < -0.4 is 10.2 Å². The quantitative estimate of drug-likeness (QED) is 0.877. The topological polar surface area (TPSA) is 58.1 Å². The molecule has 2 fully saturated rings. The van der Waals surface area contributed by atoms with Crippen molar-refractivity contribution in [3.8, 4) is 0 Å². The molecule has 0 bridgehead atoms. The van der Waals surface area contributed by atoms with Crippen LogP contribution in [0.25, 0.3) is 0 Å². The van der Waals surface area contributed by atoms with Gasteiger partial charge in [0.25, 0.3) is 0 Å². The van der Waals surface area contributed by atoms with Crippen LogP contribution in [0.1, 0.15) is 57.2 Å². The predicted molar refractivity (Wildman–Crippen MR) is 86.5 cm³/mol. The number of carbonyl (C=O) groups excluding carboxylic acids is 1. The van der Waals surface area contributed by atoms with Gasteiger partial charge in [0.05, 0.1) is 6.54 Å². The fourth-order valence-electron chi connectivity index (χ4n) is 3.50. The summed E-state index contributed by atoms with van der Waals surface area (Å²) in [6, 6.07) is 1.96. The van der Waals surface area contributed by atoms with Crippen LogP contribution in [0.5, 0.6) is 0 Å². The van der Waals surface area contributed by atoms with Gasteiger partial charge >= 0.3 is 0 Å². The van der Waals surface area contributed by atoms with Gasteiger partial charge in [-0.2, -0.15) is 0 Å². The summed E-state index contributed by atoms with van der Waals surface area (Å²) in [4.78, 5) is 23.1. The molecular formula is C17H26N4O. The summed E-state index contributed by atoms with van der Waals surface area (Å²) in [5.74, 6) is 2.59. The first-order chi connectivity index (χ1) is 10.8. The molecule has 0 unspecified atom stereocenters. The Hall–Kier alpha value is -1.65. The van der Waals surface area contributed by atoms with Gasteiger partial charge < -0.3 is 10.2 Å². The molecule has 1 aliphatic carbocycles. The van der Waals surface area contributed by atoms with Gasteiger partial charge in [-0.25, -0.2) is 9.97 Å². The molecule has 1 aromatic rings. The van der Waals surface area contributed by atoms with Crippen molar-refractivity contribution in [2.45, 2.75) is 57.9 Å². The number of nitrogens with one attached hydrogen (secondary N) is 1. The Morgan fingerprint density at radius 2 is 2.00 bits per heavy atom. The maximum Gasteiger partial charge on any atom is 0.220 e. The summed E-state index contributed by atoms with van der Waals surface area (Å²) in [6.45, 7) is 2.58. The Kier molecular flexibility index (Phi) is 5.24. The summed E-state index contributed by atoms with van der Waals surface area (Å²) in [6.07, 6.45) is 11.2. The number of nitrogens with zero attached hydrogens (tertiary/aromatic N) is 3. The Bertz CT molecular complexity index is 493. The summed E-state index contributed by atoms with van der Waals surface area (Å²) >= 11 is 0. The minimum Gasteiger partial charge on any atom is -0.357 e. The highest BCUT2D eigenvalue weighted by Gasteiger charge is 2.17. The van der Waals surface area contributed by atoms with Crippen LogP contribution in [-0.4, -0.2) is 29.0 Å². The molecule has 0 atom stereocenters. The zero-order valence-corrected chi connectivity index (χ0v) is 13.3. The van der Waals surface area contributed by atoms with E-state index in [1.807, 2.05) is 6.07 Å². The van der Waals surface area contributed by atoms with Gasteiger partial charge in [-0.05, 0) is 31.2 Å². The van der Waals surface area contributed by atoms with Crippen LogP contribution in [0, 0.1) is 5.92 Å². The molecule has 0 radical (unpaired) electrons. The second kappa shape index (κ2) is 7.56. The predicted octanol–water partition coefficient (Wildman–Crippen LogP) is 2.66. The first kappa shape index (κ1) is 15.3. The minimum atomic E-state index is 0.127. The lowest BCUT2D eigenvalue weighted by molar-refractivity contribution is -0.121. The van der Waals surface area contributed by atoms with Crippen molar-refractivity contribution in [2.24, 2.45) is 5.92 Å². The molecule has 1 saturated heterocycles. The fourth-order valence-corrected chi connectivity index (χ4v) is 3.50. The molecule has 2 aliphatic rings. The molecule has 0 aromatic carbocycles. The van der Waals surface area contributed by atoms with Crippen molar-refractivity contribution in [3.05, 3.63) is 18.1 Å². The third-order valence-electron chi connectivity index (χ3n) is 4.82. The van der Waals surface area contributed by atoms with E-state index >= 15 is 0 Å². The highest BCUT2D eigenvalue weighted by atomic mass is 16.1. The van der Waals surface area contributed by atoms with Crippen LogP contribution in [-0.2, 0) is 11.3 Å². The van der Waals surface area contributed by atoms with E-state index in [4.69, 9.17) is 0 Å². The maximum absolute atomic E-state index is 11.9. The molecule has 1 aromatic heterocycles. The highest BCUT2D eigenvalue weighted by Crippen LogP contribution is 2.28. The van der Waals surface area contributed by atoms with E-state index in [0.29, 0.717) is 18.8 Å². The summed E-state index contributed by atoms with van der Waals surface area (Å²) in [5.41, 5.74) is 0. The molecule has 2 heterocycles. The van der Waals surface area contributed by atoms with E-state index in [0.717, 1.165) is 31.2 Å². The Labute approximate surface area is 132 Å². The number of anilines is 1. The van der Waals surface area contributed by atoms with Crippen LogP contribution >= 0.6 is 0 Å². The average molecular weight is 302 g/mol. The number of rotatable bonds is 6. The molecule has 22 heavy (non-hydrogen) atoms. The summed E-state index contributed by atoms with van der Waals surface area (Å²) in [7, 11) is 0. The SMILES string of the molecule is O=C(CCC1CCCC1)NCc1nccc(N2CCCC2)n1. The van der Waals surface area contributed by atoms with Crippen molar-refractivity contribution < 1.29 is 4.79 Å². The van der Waals surface area contributed by atoms with Gasteiger partial charge in [0, 0.05) is 25.7 Å². The zero-order valence-electron chi connectivity index (χ0n) is 13.3. The van der Waals surface area contributed by atoms with E-state index in [-0.39, 0.29) is 5.91 Å². The zero-order chi connectivity index (χ0) is 15.2. The normalized spacial score (nSPS) is 18.8. The molecule has 1 amide bonds. The van der Waals surface area contributed by atoms with Crippen LogP contribution in [0.3, 0.4) is 0 Å². The molecule has 5 nitrogen and oxygen atoms in total. The molecule has 0 spiro atoms. The number of aromatic nitrogens is 2. The second-order valence-electron chi connectivity index (χ2n) is 6.49. The third kappa shape index (κ3) is 4.18. The third-order valence-corrected chi connectivity index (χ3v) is 4.82. The lowest BCUT2D eigenvalue weighted by Gasteiger charge is -2.16. The van der Waals surface area contributed by atoms with Crippen LogP contribution in [0.15, 0.2) is 12.3 Å². The monoisotopic (exact) mass is 302 g/mol. The largest absolute Gasteiger partial charge is 0.357 e. The lowest BCUT2D eigenvalue weighted by Crippen LogP contribution is -2.25. The Balaban J connectivity index is 1.44. The molecule has 1 saturated carbocycles. The van der Waals surface area contributed by atoms with Crippen LogP contribution in [0.2, 0.25) is 0 Å². The number of carbonyl (C=O) groups is 1. The van der Waals surface area contributed by atoms with Crippen molar-refractivity contribution in [2.75, 3.05) is 18.0 Å². The van der Waals surface area contributed by atoms with Gasteiger partial charge in [-0.15, -0.1) is 0 Å². The van der Waals surface area contributed by atoms with Gasteiger partial charge in [-0.3, -0.25) is 4.79 Å². The molecule has 5 heteroatoms. The van der Waals surface area contributed by atoms with E-state index in [1.165, 1.54) is 38.5 Å². The second-order valence-corrected chi connectivity index (χ2v) is 6.49. The van der Waals surface area contributed by atoms with Crippen molar-refractivity contribution in [1.29, 1.82) is 0 Å². The van der Waals surface area contributed by atoms with Crippen LogP contribution in [0.4, 0.5) is 5.82 Å². The van der Waals surface area contributed by atoms with E-state index in [2.05, 4.69) is 20.2 Å². The average Bonchev–Trinajstić information content (AvgIpc) is 3.24. The molecule has 3 rings (SSSR count). The van der Waals surface area contributed by atoms with Crippen molar-refractivity contribution in [1.82, 2.24) is 15.3 Å². The van der Waals surface area contributed by atoms with E-state index in [9.17, 15) is 4.79 Å². The highest BCUT2D eigenvalue weighted by molar-refractivity contribution is 5.75. The first-order valence-corrected chi connectivity index (χ1v) is 8.65. The van der Waals surface area contributed by atoms with Gasteiger partial charge in [0.1, 0.15) is 11.6 Å². The standard InChI is InChI=1S/C17H26N4O/c22-17(8-7-14-5-1-2-6-14)19-13-15-18-10-9-16(20-15)21-11-3-4-12-21/h9-10,14H,1-8,11-13H2,(H,19,22). The number of hydrogen-bond donors (Lipinski definition) is 1. The summed E-state index contributed by atoms with van der Waals surface area (Å²) in [5, 5.41) is 2.96. The van der Waals surface area contributed by atoms with E-state index in [1.54, 1.807) is 6.20 Å². The van der Waals surface area contributed by atoms with Gasteiger partial charge in [0.15, 0.2) is 0 Å². The molecule has 1 N–H and O–H groups in total. The number of hydrogen-bond acceptors (Lipinski definition) is 4. The molecule has 120 valence electrons. The maximum atomic E-state index is 11.9. The minimum absolute atomic E-state index is 0.127. The fraction of sp³-hybridized carbons (Fsp3) is 0.706. The molecule has 1 aliphatic heterocycles.